The number of rotatable bonds is 2. The van der Waals surface area contributed by atoms with Gasteiger partial charge in [0.05, 0.1) is 16.0 Å². The average molecular weight is 304 g/mol. The van der Waals surface area contributed by atoms with Crippen LogP contribution in [0.3, 0.4) is 0 Å². The van der Waals surface area contributed by atoms with Gasteiger partial charge in [-0.2, -0.15) is 0 Å². The lowest BCUT2D eigenvalue weighted by atomic mass is 9.93. The Morgan fingerprint density at radius 1 is 1.43 bits per heavy atom. The van der Waals surface area contributed by atoms with Crippen molar-refractivity contribution in [2.75, 3.05) is 11.4 Å². The van der Waals surface area contributed by atoms with Crippen molar-refractivity contribution in [1.82, 2.24) is 4.98 Å². The second-order valence-electron chi connectivity index (χ2n) is 5.07. The molecular formula is C15H14ClN3O2. The minimum absolute atomic E-state index is 0.0891. The molecule has 0 aliphatic carbocycles. The van der Waals surface area contributed by atoms with Gasteiger partial charge >= 0.3 is 0 Å². The highest BCUT2D eigenvalue weighted by Gasteiger charge is 2.26. The van der Waals surface area contributed by atoms with E-state index < -0.39 is 4.92 Å². The molecule has 1 aliphatic rings. The first-order valence-corrected chi connectivity index (χ1v) is 7.10. The fraction of sp³-hybridized carbons (Fsp3) is 0.267. The van der Waals surface area contributed by atoms with Crippen LogP contribution in [0.15, 0.2) is 36.5 Å². The van der Waals surface area contributed by atoms with Gasteiger partial charge in [0.25, 0.3) is 5.69 Å². The molecule has 0 saturated heterocycles. The van der Waals surface area contributed by atoms with Crippen molar-refractivity contribution >= 4 is 23.1 Å². The molecule has 2 heterocycles. The number of pyridine rings is 1. The van der Waals surface area contributed by atoms with E-state index in [2.05, 4.69) is 28.9 Å². The normalized spacial score (nSPS) is 17.4. The van der Waals surface area contributed by atoms with Gasteiger partial charge in [0.15, 0.2) is 0 Å². The van der Waals surface area contributed by atoms with Crippen LogP contribution in [0.4, 0.5) is 11.5 Å². The topological polar surface area (TPSA) is 59.3 Å². The summed E-state index contributed by atoms with van der Waals surface area (Å²) in [5.74, 6) is 0.601. The van der Waals surface area contributed by atoms with Crippen molar-refractivity contribution < 1.29 is 4.92 Å². The van der Waals surface area contributed by atoms with Crippen molar-refractivity contribution in [2.24, 2.45) is 0 Å². The Labute approximate surface area is 127 Å². The summed E-state index contributed by atoms with van der Waals surface area (Å²) in [6.45, 7) is 2.89. The van der Waals surface area contributed by atoms with Crippen molar-refractivity contribution in [3.63, 3.8) is 0 Å². The SMILES string of the molecule is CC1c2ccccc2CCN1c1ncc([N+](=O)[O-])cc1Cl. The van der Waals surface area contributed by atoms with Crippen molar-refractivity contribution in [1.29, 1.82) is 0 Å². The Balaban J connectivity index is 1.97. The van der Waals surface area contributed by atoms with Crippen molar-refractivity contribution in [2.45, 2.75) is 19.4 Å². The third-order valence-electron chi connectivity index (χ3n) is 3.88. The van der Waals surface area contributed by atoms with Gasteiger partial charge in [-0.3, -0.25) is 10.1 Å². The average Bonchev–Trinajstić information content (AvgIpc) is 2.48. The first-order valence-electron chi connectivity index (χ1n) is 6.72. The molecule has 1 unspecified atom stereocenters. The first kappa shape index (κ1) is 13.8. The number of anilines is 1. The predicted molar refractivity (Wildman–Crippen MR) is 81.8 cm³/mol. The van der Waals surface area contributed by atoms with Crippen molar-refractivity contribution in [3.8, 4) is 0 Å². The van der Waals surface area contributed by atoms with Crippen LogP contribution in [0, 0.1) is 10.1 Å². The van der Waals surface area contributed by atoms with Crippen LogP contribution < -0.4 is 4.90 Å². The highest BCUT2D eigenvalue weighted by atomic mass is 35.5. The third kappa shape index (κ3) is 2.45. The van der Waals surface area contributed by atoms with Gasteiger partial charge in [0, 0.05) is 12.6 Å². The van der Waals surface area contributed by atoms with E-state index in [0.717, 1.165) is 13.0 Å². The lowest BCUT2D eigenvalue weighted by Gasteiger charge is -2.36. The Hall–Kier alpha value is -2.14. The van der Waals surface area contributed by atoms with Crippen LogP contribution in [-0.4, -0.2) is 16.5 Å². The lowest BCUT2D eigenvalue weighted by molar-refractivity contribution is -0.385. The van der Waals surface area contributed by atoms with Crippen LogP contribution in [0.1, 0.15) is 24.1 Å². The maximum absolute atomic E-state index is 10.8. The molecule has 6 heteroatoms. The van der Waals surface area contributed by atoms with Crippen LogP contribution in [0.5, 0.6) is 0 Å². The van der Waals surface area contributed by atoms with Gasteiger partial charge in [-0.25, -0.2) is 4.98 Å². The molecule has 1 atom stereocenters. The monoisotopic (exact) mass is 303 g/mol. The first-order chi connectivity index (χ1) is 10.1. The zero-order chi connectivity index (χ0) is 15.0. The highest BCUT2D eigenvalue weighted by molar-refractivity contribution is 6.33. The molecule has 5 nitrogen and oxygen atoms in total. The zero-order valence-electron chi connectivity index (χ0n) is 11.5. The van der Waals surface area contributed by atoms with E-state index in [9.17, 15) is 10.1 Å². The molecule has 0 amide bonds. The molecule has 0 bridgehead atoms. The molecular weight excluding hydrogens is 290 g/mol. The molecule has 0 fully saturated rings. The number of benzene rings is 1. The molecule has 1 aliphatic heterocycles. The largest absolute Gasteiger partial charge is 0.348 e. The summed E-state index contributed by atoms with van der Waals surface area (Å²) in [5, 5.41) is 11.1. The smallest absolute Gasteiger partial charge is 0.289 e. The predicted octanol–water partition coefficient (Wildman–Crippen LogP) is 3.77. The Morgan fingerprint density at radius 3 is 2.90 bits per heavy atom. The van der Waals surface area contributed by atoms with Crippen LogP contribution in [0.2, 0.25) is 5.02 Å². The fourth-order valence-corrected chi connectivity index (χ4v) is 3.06. The number of aromatic nitrogens is 1. The summed E-state index contributed by atoms with van der Waals surface area (Å²) < 4.78 is 0. The van der Waals surface area contributed by atoms with E-state index >= 15 is 0 Å². The van der Waals surface area contributed by atoms with E-state index in [-0.39, 0.29) is 11.7 Å². The van der Waals surface area contributed by atoms with E-state index in [0.29, 0.717) is 10.8 Å². The third-order valence-corrected chi connectivity index (χ3v) is 4.16. The van der Waals surface area contributed by atoms with E-state index in [1.54, 1.807) is 0 Å². The molecule has 1 aromatic heterocycles. The summed E-state index contributed by atoms with van der Waals surface area (Å²) >= 11 is 6.19. The fourth-order valence-electron chi connectivity index (χ4n) is 2.79. The molecule has 0 spiro atoms. The molecule has 1 aromatic carbocycles. The number of nitrogens with zero attached hydrogens (tertiary/aromatic N) is 3. The van der Waals surface area contributed by atoms with E-state index in [1.165, 1.54) is 23.4 Å². The minimum Gasteiger partial charge on any atom is -0.348 e. The molecule has 21 heavy (non-hydrogen) atoms. The summed E-state index contributed by atoms with van der Waals surface area (Å²) in [4.78, 5) is 16.6. The minimum atomic E-state index is -0.488. The molecule has 3 rings (SSSR count). The Bertz CT molecular complexity index is 705. The zero-order valence-corrected chi connectivity index (χ0v) is 12.2. The lowest BCUT2D eigenvalue weighted by Crippen LogP contribution is -2.34. The Kier molecular flexibility index (Phi) is 3.51. The number of hydrogen-bond donors (Lipinski definition) is 0. The molecule has 0 N–H and O–H groups in total. The number of halogens is 1. The van der Waals surface area contributed by atoms with Crippen LogP contribution in [-0.2, 0) is 6.42 Å². The van der Waals surface area contributed by atoms with Gasteiger partial charge in [0.2, 0.25) is 0 Å². The Morgan fingerprint density at radius 2 is 2.19 bits per heavy atom. The second kappa shape index (κ2) is 5.33. The number of fused-ring (bicyclic) bond motifs is 1. The number of nitro groups is 1. The highest BCUT2D eigenvalue weighted by Crippen LogP contribution is 2.36. The second-order valence-corrected chi connectivity index (χ2v) is 5.48. The summed E-state index contributed by atoms with van der Waals surface area (Å²) in [7, 11) is 0. The van der Waals surface area contributed by atoms with Crippen LogP contribution in [0.25, 0.3) is 0 Å². The summed E-state index contributed by atoms with van der Waals surface area (Å²) in [5.41, 5.74) is 2.49. The molecule has 2 aromatic rings. The summed E-state index contributed by atoms with van der Waals surface area (Å²) in [6, 6.07) is 9.79. The van der Waals surface area contributed by atoms with Gasteiger partial charge in [0.1, 0.15) is 12.0 Å². The van der Waals surface area contributed by atoms with Gasteiger partial charge in [-0.15, -0.1) is 0 Å². The van der Waals surface area contributed by atoms with Crippen molar-refractivity contribution in [3.05, 3.63) is 62.8 Å². The van der Waals surface area contributed by atoms with Gasteiger partial charge < -0.3 is 4.90 Å². The van der Waals surface area contributed by atoms with Gasteiger partial charge in [-0.1, -0.05) is 35.9 Å². The maximum atomic E-state index is 10.8. The van der Waals surface area contributed by atoms with Gasteiger partial charge in [-0.05, 0) is 24.5 Å². The maximum Gasteiger partial charge on any atom is 0.289 e. The number of hydrogen-bond acceptors (Lipinski definition) is 4. The molecule has 0 radical (unpaired) electrons. The van der Waals surface area contributed by atoms with E-state index in [1.807, 2.05) is 12.1 Å². The molecule has 0 saturated carbocycles. The standard InChI is InChI=1S/C15H14ClN3O2/c1-10-13-5-3-2-4-11(13)6-7-18(10)15-14(16)8-12(9-17-15)19(20)21/h2-5,8-10H,6-7H2,1H3. The van der Waals surface area contributed by atoms with Crippen LogP contribution >= 0.6 is 11.6 Å². The molecule has 108 valence electrons. The summed E-state index contributed by atoms with van der Waals surface area (Å²) in [6.07, 6.45) is 2.17. The quantitative estimate of drug-likeness (QED) is 0.626. The van der Waals surface area contributed by atoms with E-state index in [4.69, 9.17) is 11.6 Å².